The first-order valence-electron chi connectivity index (χ1n) is 8.91. The van der Waals surface area contributed by atoms with Gasteiger partial charge in [0.15, 0.2) is 6.10 Å². The first-order valence-corrected chi connectivity index (χ1v) is 10.4. The van der Waals surface area contributed by atoms with Crippen molar-refractivity contribution in [1.29, 1.82) is 0 Å². The third-order valence-electron chi connectivity index (χ3n) is 3.80. The highest BCUT2D eigenvalue weighted by molar-refractivity contribution is 7.89. The van der Waals surface area contributed by atoms with Gasteiger partial charge in [-0.15, -0.1) is 0 Å². The molecule has 2 aromatic carbocycles. The van der Waals surface area contributed by atoms with Crippen molar-refractivity contribution in [3.05, 3.63) is 54.1 Å². The largest absolute Gasteiger partial charge is 0.496 e. The van der Waals surface area contributed by atoms with E-state index in [0.717, 1.165) is 0 Å². The summed E-state index contributed by atoms with van der Waals surface area (Å²) in [6, 6.07) is 12.0. The highest BCUT2D eigenvalue weighted by atomic mass is 32.2. The summed E-state index contributed by atoms with van der Waals surface area (Å²) in [6.07, 6.45) is -1.07. The van der Waals surface area contributed by atoms with Crippen LogP contribution in [-0.4, -0.2) is 39.5 Å². The van der Waals surface area contributed by atoms with Crippen molar-refractivity contribution in [2.24, 2.45) is 0 Å². The summed E-state index contributed by atoms with van der Waals surface area (Å²) in [7, 11) is -2.18. The van der Waals surface area contributed by atoms with Crippen LogP contribution in [0.15, 0.2) is 53.4 Å². The average Bonchev–Trinajstić information content (AvgIpc) is 2.67. The van der Waals surface area contributed by atoms with Gasteiger partial charge in [0.25, 0.3) is 5.91 Å². The number of hydrogen-bond donors (Lipinski definition) is 2. The van der Waals surface area contributed by atoms with Gasteiger partial charge in [0.1, 0.15) is 11.3 Å². The second kappa shape index (κ2) is 9.53. The Morgan fingerprint density at radius 2 is 1.59 bits per heavy atom. The number of para-hydroxylation sites is 1. The molecule has 1 atom stereocenters. The van der Waals surface area contributed by atoms with Gasteiger partial charge in [-0.25, -0.2) is 17.9 Å². The topological polar surface area (TPSA) is 111 Å². The minimum Gasteiger partial charge on any atom is -0.496 e. The van der Waals surface area contributed by atoms with E-state index in [1.54, 1.807) is 32.0 Å². The van der Waals surface area contributed by atoms with Crippen LogP contribution in [0.25, 0.3) is 0 Å². The SMILES string of the molecule is COc1ccccc1C(=O)O[C@H](C)C(=O)Nc1ccc(S(=O)(=O)NC(C)C)cc1. The van der Waals surface area contributed by atoms with Gasteiger partial charge in [-0.2, -0.15) is 0 Å². The van der Waals surface area contributed by atoms with Crippen molar-refractivity contribution < 1.29 is 27.5 Å². The van der Waals surface area contributed by atoms with Crippen LogP contribution in [0.3, 0.4) is 0 Å². The molecule has 1 amide bonds. The average molecular weight is 420 g/mol. The van der Waals surface area contributed by atoms with E-state index in [1.807, 2.05) is 0 Å². The molecule has 9 heteroatoms. The van der Waals surface area contributed by atoms with Gasteiger partial charge in [0, 0.05) is 11.7 Å². The third kappa shape index (κ3) is 6.03. The number of methoxy groups -OCH3 is 1. The summed E-state index contributed by atoms with van der Waals surface area (Å²) in [5.41, 5.74) is 0.584. The van der Waals surface area contributed by atoms with Crippen molar-refractivity contribution in [2.45, 2.75) is 37.8 Å². The first-order chi connectivity index (χ1) is 13.6. The molecule has 29 heavy (non-hydrogen) atoms. The predicted octanol–water partition coefficient (Wildman–Crippen LogP) is 2.57. The highest BCUT2D eigenvalue weighted by Crippen LogP contribution is 2.19. The standard InChI is InChI=1S/C20H24N2O6S/c1-13(2)22-29(25,26)16-11-9-15(10-12-16)21-19(23)14(3)28-20(24)17-7-5-6-8-18(17)27-4/h5-14,22H,1-4H3,(H,21,23)/t14-/m1/s1. The minimum atomic E-state index is -3.62. The lowest BCUT2D eigenvalue weighted by Gasteiger charge is -2.15. The maximum atomic E-state index is 12.3. The molecule has 0 saturated carbocycles. The second-order valence-electron chi connectivity index (χ2n) is 6.54. The van der Waals surface area contributed by atoms with E-state index in [0.29, 0.717) is 11.4 Å². The third-order valence-corrected chi connectivity index (χ3v) is 5.48. The van der Waals surface area contributed by atoms with Crippen molar-refractivity contribution in [3.8, 4) is 5.75 Å². The molecule has 2 rings (SSSR count). The van der Waals surface area contributed by atoms with E-state index in [-0.39, 0.29) is 16.5 Å². The summed E-state index contributed by atoms with van der Waals surface area (Å²) in [4.78, 5) is 24.7. The zero-order chi connectivity index (χ0) is 21.6. The molecule has 0 radical (unpaired) electrons. The van der Waals surface area contributed by atoms with Gasteiger partial charge in [0.2, 0.25) is 10.0 Å². The molecular weight excluding hydrogens is 396 g/mol. The fraction of sp³-hybridized carbons (Fsp3) is 0.300. The number of rotatable bonds is 8. The minimum absolute atomic E-state index is 0.0832. The van der Waals surface area contributed by atoms with Gasteiger partial charge >= 0.3 is 5.97 Å². The lowest BCUT2D eigenvalue weighted by molar-refractivity contribution is -0.123. The summed E-state index contributed by atoms with van der Waals surface area (Å²) in [5, 5.41) is 2.58. The Labute approximate surface area is 170 Å². The molecule has 0 bridgehead atoms. The fourth-order valence-electron chi connectivity index (χ4n) is 2.43. The molecule has 0 spiro atoms. The van der Waals surface area contributed by atoms with Crippen molar-refractivity contribution >= 4 is 27.6 Å². The molecule has 0 unspecified atom stereocenters. The normalized spacial score (nSPS) is 12.3. The van der Waals surface area contributed by atoms with E-state index in [1.165, 1.54) is 44.4 Å². The molecule has 0 aliphatic carbocycles. The van der Waals surface area contributed by atoms with Gasteiger partial charge in [-0.05, 0) is 57.2 Å². The Morgan fingerprint density at radius 3 is 2.17 bits per heavy atom. The number of ether oxygens (including phenoxy) is 2. The number of amides is 1. The highest BCUT2D eigenvalue weighted by Gasteiger charge is 2.21. The Bertz CT molecular complexity index is 971. The van der Waals surface area contributed by atoms with Crippen molar-refractivity contribution in [3.63, 3.8) is 0 Å². The molecule has 0 aromatic heterocycles. The molecule has 0 aliphatic rings. The molecule has 0 saturated heterocycles. The quantitative estimate of drug-likeness (QED) is 0.635. The van der Waals surface area contributed by atoms with Crippen LogP contribution in [0.2, 0.25) is 0 Å². The van der Waals surface area contributed by atoms with Gasteiger partial charge in [-0.3, -0.25) is 4.79 Å². The molecular formula is C20H24N2O6S. The maximum absolute atomic E-state index is 12.3. The van der Waals surface area contributed by atoms with Gasteiger partial charge in [-0.1, -0.05) is 12.1 Å². The van der Waals surface area contributed by atoms with Crippen LogP contribution in [0, 0.1) is 0 Å². The number of carbonyl (C=O) groups is 2. The summed E-state index contributed by atoms with van der Waals surface area (Å²) >= 11 is 0. The zero-order valence-electron chi connectivity index (χ0n) is 16.6. The monoisotopic (exact) mass is 420 g/mol. The van der Waals surface area contributed by atoms with Crippen LogP contribution < -0.4 is 14.8 Å². The van der Waals surface area contributed by atoms with Gasteiger partial charge < -0.3 is 14.8 Å². The number of anilines is 1. The summed E-state index contributed by atoms with van der Waals surface area (Å²) in [5.74, 6) is -0.896. The molecule has 0 aliphatic heterocycles. The zero-order valence-corrected chi connectivity index (χ0v) is 17.4. The second-order valence-corrected chi connectivity index (χ2v) is 8.25. The van der Waals surface area contributed by atoms with E-state index < -0.39 is 28.0 Å². The molecule has 8 nitrogen and oxygen atoms in total. The number of carbonyl (C=O) groups excluding carboxylic acids is 2. The van der Waals surface area contributed by atoms with E-state index in [2.05, 4.69) is 10.0 Å². The number of sulfonamides is 1. The van der Waals surface area contributed by atoms with E-state index >= 15 is 0 Å². The molecule has 2 aromatic rings. The van der Waals surface area contributed by atoms with Crippen LogP contribution >= 0.6 is 0 Å². The molecule has 156 valence electrons. The Morgan fingerprint density at radius 1 is 0.966 bits per heavy atom. The van der Waals surface area contributed by atoms with Crippen molar-refractivity contribution in [1.82, 2.24) is 4.72 Å². The lowest BCUT2D eigenvalue weighted by Crippen LogP contribution is -2.31. The Kier molecular flexibility index (Phi) is 7.35. The van der Waals surface area contributed by atoms with E-state index in [4.69, 9.17) is 9.47 Å². The number of esters is 1. The van der Waals surface area contributed by atoms with Crippen LogP contribution in [-0.2, 0) is 19.6 Å². The molecule has 0 fully saturated rings. The summed E-state index contributed by atoms with van der Waals surface area (Å²) < 4.78 is 37.0. The first kappa shape index (κ1) is 22.4. The summed E-state index contributed by atoms with van der Waals surface area (Å²) in [6.45, 7) is 4.88. The Balaban J connectivity index is 2.01. The number of benzene rings is 2. The number of hydrogen-bond acceptors (Lipinski definition) is 6. The predicted molar refractivity (Wildman–Crippen MR) is 108 cm³/mol. The van der Waals surface area contributed by atoms with Gasteiger partial charge in [0.05, 0.1) is 12.0 Å². The van der Waals surface area contributed by atoms with Crippen LogP contribution in [0.4, 0.5) is 5.69 Å². The molecule has 2 N–H and O–H groups in total. The van der Waals surface area contributed by atoms with E-state index in [9.17, 15) is 18.0 Å². The lowest BCUT2D eigenvalue weighted by atomic mass is 10.2. The molecule has 0 heterocycles. The van der Waals surface area contributed by atoms with Crippen molar-refractivity contribution in [2.75, 3.05) is 12.4 Å². The van der Waals surface area contributed by atoms with Crippen LogP contribution in [0.5, 0.6) is 5.75 Å². The smallest absolute Gasteiger partial charge is 0.342 e. The Hall–Kier alpha value is -2.91. The van der Waals surface area contributed by atoms with Crippen LogP contribution in [0.1, 0.15) is 31.1 Å². The fourth-order valence-corrected chi connectivity index (χ4v) is 3.68. The maximum Gasteiger partial charge on any atom is 0.342 e. The number of nitrogens with one attached hydrogen (secondary N) is 2.